The van der Waals surface area contributed by atoms with Gasteiger partial charge >= 0.3 is 5.97 Å². The average molecular weight is 342 g/mol. The second kappa shape index (κ2) is 5.91. The number of H-pyrrole nitrogens is 1. The van der Waals surface area contributed by atoms with Crippen molar-refractivity contribution in [3.63, 3.8) is 0 Å². The molecule has 0 aliphatic carbocycles. The number of amides is 1. The first-order chi connectivity index (χ1) is 9.51. The van der Waals surface area contributed by atoms with Gasteiger partial charge in [0.05, 0.1) is 6.61 Å². The van der Waals surface area contributed by atoms with Gasteiger partial charge in [0, 0.05) is 11.6 Å². The van der Waals surface area contributed by atoms with E-state index in [1.165, 1.54) is 6.07 Å². The molecule has 2 heterocycles. The number of aromatic amines is 1. The smallest absolute Gasteiger partial charge is 0.356 e. The van der Waals surface area contributed by atoms with Crippen LogP contribution in [0, 0.1) is 6.92 Å². The van der Waals surface area contributed by atoms with Crippen LogP contribution in [0.1, 0.15) is 33.5 Å². The van der Waals surface area contributed by atoms with Crippen molar-refractivity contribution in [1.29, 1.82) is 0 Å². The largest absolute Gasteiger partial charge is 0.461 e. The summed E-state index contributed by atoms with van der Waals surface area (Å²) in [5.74, 6) is -0.588. The number of aromatic nitrogens is 2. The maximum atomic E-state index is 12.0. The molecule has 0 bridgehead atoms. The highest BCUT2D eigenvalue weighted by atomic mass is 79.9. The van der Waals surface area contributed by atoms with E-state index in [1.54, 1.807) is 19.9 Å². The van der Waals surface area contributed by atoms with Gasteiger partial charge in [-0.1, -0.05) is 0 Å². The van der Waals surface area contributed by atoms with Crippen LogP contribution >= 0.6 is 15.9 Å². The lowest BCUT2D eigenvalue weighted by Gasteiger charge is -1.99. The Kier molecular flexibility index (Phi) is 4.23. The van der Waals surface area contributed by atoms with Gasteiger partial charge in [-0.2, -0.15) is 5.10 Å². The predicted octanol–water partition coefficient (Wildman–Crippen LogP) is 2.50. The van der Waals surface area contributed by atoms with Crippen LogP contribution in [0.15, 0.2) is 21.2 Å². The van der Waals surface area contributed by atoms with Crippen LogP contribution in [0.25, 0.3) is 0 Å². The number of carbonyl (C=O) groups excluding carboxylic acids is 2. The number of furan rings is 1. The molecule has 20 heavy (non-hydrogen) atoms. The normalized spacial score (nSPS) is 10.3. The number of carbonyl (C=O) groups is 2. The van der Waals surface area contributed by atoms with Crippen molar-refractivity contribution in [2.75, 3.05) is 11.9 Å². The summed E-state index contributed by atoms with van der Waals surface area (Å²) < 4.78 is 10.5. The molecule has 0 aliphatic rings. The number of nitrogens with zero attached hydrogens (tertiary/aromatic N) is 1. The van der Waals surface area contributed by atoms with Crippen LogP contribution in [0.2, 0.25) is 0 Å². The summed E-state index contributed by atoms with van der Waals surface area (Å²) in [6, 6.07) is 3.08. The Labute approximate surface area is 122 Å². The molecule has 0 aliphatic heterocycles. The van der Waals surface area contributed by atoms with Gasteiger partial charge in [0.1, 0.15) is 5.69 Å². The van der Waals surface area contributed by atoms with E-state index in [9.17, 15) is 9.59 Å². The molecule has 0 atom stereocenters. The minimum absolute atomic E-state index is 0.166. The number of hydrogen-bond acceptors (Lipinski definition) is 5. The first-order valence-electron chi connectivity index (χ1n) is 5.81. The topological polar surface area (TPSA) is 97.2 Å². The molecule has 0 aromatic carbocycles. The Hall–Kier alpha value is -2.09. The lowest BCUT2D eigenvalue weighted by Crippen LogP contribution is -2.12. The van der Waals surface area contributed by atoms with Crippen molar-refractivity contribution in [1.82, 2.24) is 10.2 Å². The number of hydrogen-bond donors (Lipinski definition) is 2. The van der Waals surface area contributed by atoms with Gasteiger partial charge < -0.3 is 14.5 Å². The Balaban J connectivity index is 2.09. The molecule has 0 fully saturated rings. The summed E-state index contributed by atoms with van der Waals surface area (Å²) >= 11 is 3.15. The maximum Gasteiger partial charge on any atom is 0.356 e. The highest BCUT2D eigenvalue weighted by Crippen LogP contribution is 2.20. The zero-order chi connectivity index (χ0) is 14.7. The summed E-state index contributed by atoms with van der Waals surface area (Å²) in [6.07, 6.45) is 0. The van der Waals surface area contributed by atoms with E-state index in [2.05, 4.69) is 31.4 Å². The van der Waals surface area contributed by atoms with Crippen molar-refractivity contribution >= 4 is 33.6 Å². The van der Waals surface area contributed by atoms with Crippen molar-refractivity contribution in [3.05, 3.63) is 33.8 Å². The molecule has 1 amide bonds. The molecular weight excluding hydrogens is 330 g/mol. The lowest BCUT2D eigenvalue weighted by atomic mass is 10.3. The van der Waals surface area contributed by atoms with Gasteiger partial charge in [-0.15, -0.1) is 0 Å². The Bertz CT molecular complexity index is 647. The van der Waals surface area contributed by atoms with Crippen LogP contribution in [0.5, 0.6) is 0 Å². The fourth-order valence-corrected chi connectivity index (χ4v) is 2.05. The molecule has 8 heteroatoms. The minimum Gasteiger partial charge on any atom is -0.461 e. The van der Waals surface area contributed by atoms with Gasteiger partial charge in [0.15, 0.2) is 16.2 Å². The number of halogens is 1. The minimum atomic E-state index is -0.530. The van der Waals surface area contributed by atoms with Gasteiger partial charge in [-0.3, -0.25) is 9.89 Å². The number of nitrogens with one attached hydrogen (secondary N) is 2. The van der Waals surface area contributed by atoms with E-state index in [0.29, 0.717) is 10.2 Å². The third-order valence-electron chi connectivity index (χ3n) is 2.41. The summed E-state index contributed by atoms with van der Waals surface area (Å²) in [5, 5.41) is 8.82. The third kappa shape index (κ3) is 3.08. The average Bonchev–Trinajstić information content (AvgIpc) is 2.96. The van der Waals surface area contributed by atoms with Gasteiger partial charge in [0.2, 0.25) is 0 Å². The molecule has 2 rings (SSSR count). The molecule has 0 saturated heterocycles. The first kappa shape index (κ1) is 14.3. The van der Waals surface area contributed by atoms with Gasteiger partial charge in [-0.25, -0.2) is 4.79 Å². The quantitative estimate of drug-likeness (QED) is 0.832. The van der Waals surface area contributed by atoms with E-state index in [0.717, 1.165) is 0 Å². The molecule has 0 spiro atoms. The zero-order valence-electron chi connectivity index (χ0n) is 10.8. The molecule has 2 N–H and O–H groups in total. The lowest BCUT2D eigenvalue weighted by molar-refractivity contribution is 0.0519. The van der Waals surface area contributed by atoms with Gasteiger partial charge in [0.25, 0.3) is 5.91 Å². The van der Waals surface area contributed by atoms with E-state index >= 15 is 0 Å². The first-order valence-corrected chi connectivity index (χ1v) is 6.60. The Morgan fingerprint density at radius 1 is 1.50 bits per heavy atom. The molecular formula is C12H12BrN3O4. The SMILES string of the molecule is CCOC(=O)c1cc(NC(=O)c2oc(Br)cc2C)n[nH]1. The fraction of sp³-hybridized carbons (Fsp3) is 0.250. The highest BCUT2D eigenvalue weighted by molar-refractivity contribution is 9.10. The predicted molar refractivity (Wildman–Crippen MR) is 73.6 cm³/mol. The van der Waals surface area contributed by atoms with Crippen molar-refractivity contribution in [3.8, 4) is 0 Å². The third-order valence-corrected chi connectivity index (χ3v) is 2.80. The Morgan fingerprint density at radius 3 is 2.85 bits per heavy atom. The van der Waals surface area contributed by atoms with Crippen LogP contribution in [-0.2, 0) is 4.74 Å². The van der Waals surface area contributed by atoms with Crippen LogP contribution in [0.3, 0.4) is 0 Å². The number of rotatable bonds is 4. The number of ether oxygens (including phenoxy) is 1. The fourth-order valence-electron chi connectivity index (χ4n) is 1.54. The summed E-state index contributed by atoms with van der Waals surface area (Å²) in [7, 11) is 0. The maximum absolute atomic E-state index is 12.0. The zero-order valence-corrected chi connectivity index (χ0v) is 12.4. The molecule has 0 unspecified atom stereocenters. The highest BCUT2D eigenvalue weighted by Gasteiger charge is 2.17. The number of esters is 1. The monoisotopic (exact) mass is 341 g/mol. The van der Waals surface area contributed by atoms with Crippen LogP contribution in [-0.4, -0.2) is 28.7 Å². The van der Waals surface area contributed by atoms with E-state index in [-0.39, 0.29) is 23.9 Å². The molecule has 106 valence electrons. The molecule has 0 radical (unpaired) electrons. The van der Waals surface area contributed by atoms with Crippen LogP contribution in [0.4, 0.5) is 5.82 Å². The van der Waals surface area contributed by atoms with E-state index < -0.39 is 11.9 Å². The van der Waals surface area contributed by atoms with Crippen molar-refractivity contribution in [2.24, 2.45) is 0 Å². The Morgan fingerprint density at radius 2 is 2.25 bits per heavy atom. The molecule has 0 saturated carbocycles. The van der Waals surface area contributed by atoms with Crippen LogP contribution < -0.4 is 5.32 Å². The van der Waals surface area contributed by atoms with Crippen molar-refractivity contribution in [2.45, 2.75) is 13.8 Å². The second-order valence-corrected chi connectivity index (χ2v) is 4.69. The number of anilines is 1. The number of aryl methyl sites for hydroxylation is 1. The standard InChI is InChI=1S/C12H12BrN3O4/c1-3-19-12(18)7-5-9(16-15-7)14-11(17)10-6(2)4-8(13)20-10/h4-5H,3H2,1-2H3,(H2,14,15,16,17). The second-order valence-electron chi connectivity index (χ2n) is 3.90. The van der Waals surface area contributed by atoms with Crippen molar-refractivity contribution < 1.29 is 18.7 Å². The summed E-state index contributed by atoms with van der Waals surface area (Å²) in [5.41, 5.74) is 0.857. The molecule has 2 aromatic heterocycles. The summed E-state index contributed by atoms with van der Waals surface area (Å²) in [6.45, 7) is 3.71. The molecule has 2 aromatic rings. The van der Waals surface area contributed by atoms with E-state index in [1.807, 2.05) is 0 Å². The van der Waals surface area contributed by atoms with Gasteiger partial charge in [-0.05, 0) is 35.8 Å². The summed E-state index contributed by atoms with van der Waals surface area (Å²) in [4.78, 5) is 23.4. The molecule has 7 nitrogen and oxygen atoms in total. The van der Waals surface area contributed by atoms with E-state index in [4.69, 9.17) is 9.15 Å².